The van der Waals surface area contributed by atoms with E-state index in [0.29, 0.717) is 16.4 Å². The molecule has 0 fully saturated rings. The summed E-state index contributed by atoms with van der Waals surface area (Å²) in [5, 5.41) is 9.27. The molecular weight excluding hydrogens is 376 g/mol. The zero-order valence-electron chi connectivity index (χ0n) is 15.4. The van der Waals surface area contributed by atoms with E-state index in [-0.39, 0.29) is 11.8 Å². The van der Waals surface area contributed by atoms with E-state index in [0.717, 1.165) is 22.6 Å². The van der Waals surface area contributed by atoms with Gasteiger partial charge >= 0.3 is 0 Å². The first-order chi connectivity index (χ1) is 13.4. The number of nitrogens with zero attached hydrogens (tertiary/aromatic N) is 1. The molecular formula is C21H19ClN4O2. The van der Waals surface area contributed by atoms with Gasteiger partial charge in [-0.15, -0.1) is 0 Å². The average molecular weight is 395 g/mol. The van der Waals surface area contributed by atoms with Crippen LogP contribution in [0.4, 0.5) is 22.7 Å². The van der Waals surface area contributed by atoms with Gasteiger partial charge in [0.1, 0.15) is 5.69 Å². The average Bonchev–Trinajstić information content (AvgIpc) is 2.66. The Morgan fingerprint density at radius 2 is 1.50 bits per heavy atom. The van der Waals surface area contributed by atoms with Crippen molar-refractivity contribution < 1.29 is 9.59 Å². The van der Waals surface area contributed by atoms with E-state index < -0.39 is 0 Å². The summed E-state index contributed by atoms with van der Waals surface area (Å²) in [5.74, 6) is -0.433. The second kappa shape index (κ2) is 8.54. The fourth-order valence-electron chi connectivity index (χ4n) is 2.47. The molecule has 2 amide bonds. The maximum atomic E-state index is 12.3. The summed E-state index contributed by atoms with van der Waals surface area (Å²) in [6.07, 6.45) is 1.58. The molecule has 0 unspecified atom stereocenters. The molecule has 3 rings (SSSR count). The van der Waals surface area contributed by atoms with Crippen molar-refractivity contribution in [3.8, 4) is 0 Å². The number of benzene rings is 2. The monoisotopic (exact) mass is 394 g/mol. The highest BCUT2D eigenvalue weighted by molar-refractivity contribution is 6.31. The van der Waals surface area contributed by atoms with Crippen molar-refractivity contribution in [2.75, 3.05) is 16.0 Å². The van der Waals surface area contributed by atoms with Gasteiger partial charge in [-0.2, -0.15) is 0 Å². The van der Waals surface area contributed by atoms with Gasteiger partial charge in [-0.25, -0.2) is 4.98 Å². The Balaban J connectivity index is 1.63. The number of rotatable bonds is 5. The Morgan fingerprint density at radius 1 is 0.857 bits per heavy atom. The van der Waals surface area contributed by atoms with Gasteiger partial charge in [-0.05, 0) is 61.0 Å². The Hall–Kier alpha value is -3.38. The molecule has 1 heterocycles. The normalized spacial score (nSPS) is 10.2. The number of amides is 2. The number of pyridine rings is 1. The van der Waals surface area contributed by atoms with E-state index in [1.54, 1.807) is 42.6 Å². The van der Waals surface area contributed by atoms with Crippen LogP contribution >= 0.6 is 11.6 Å². The predicted octanol–water partition coefficient (Wildman–Crippen LogP) is 5.00. The summed E-state index contributed by atoms with van der Waals surface area (Å²) in [6, 6.07) is 16.0. The van der Waals surface area contributed by atoms with Crippen LogP contribution in [-0.2, 0) is 4.79 Å². The molecule has 3 aromatic rings. The Labute approximate surface area is 168 Å². The van der Waals surface area contributed by atoms with Gasteiger partial charge in [0.2, 0.25) is 5.91 Å². The van der Waals surface area contributed by atoms with Gasteiger partial charge in [-0.3, -0.25) is 9.59 Å². The van der Waals surface area contributed by atoms with Crippen LogP contribution in [-0.4, -0.2) is 16.8 Å². The summed E-state index contributed by atoms with van der Waals surface area (Å²) in [7, 11) is 0. The molecule has 7 heteroatoms. The number of nitrogens with one attached hydrogen (secondary N) is 3. The molecule has 1 aromatic heterocycles. The van der Waals surface area contributed by atoms with Crippen molar-refractivity contribution in [2.45, 2.75) is 13.8 Å². The van der Waals surface area contributed by atoms with Gasteiger partial charge in [0.25, 0.3) is 5.91 Å². The Kier molecular flexibility index (Phi) is 5.91. The van der Waals surface area contributed by atoms with E-state index in [9.17, 15) is 9.59 Å². The number of aryl methyl sites for hydroxylation is 1. The van der Waals surface area contributed by atoms with Crippen molar-refractivity contribution in [1.82, 2.24) is 4.98 Å². The minimum atomic E-state index is -0.314. The topological polar surface area (TPSA) is 83.1 Å². The number of halogens is 1. The first kappa shape index (κ1) is 19.4. The molecule has 6 nitrogen and oxygen atoms in total. The number of anilines is 4. The smallest absolute Gasteiger partial charge is 0.274 e. The molecule has 0 spiro atoms. The van der Waals surface area contributed by atoms with E-state index in [4.69, 9.17) is 11.6 Å². The lowest BCUT2D eigenvalue weighted by Gasteiger charge is -2.09. The molecule has 0 bridgehead atoms. The quantitative estimate of drug-likeness (QED) is 0.568. The first-order valence-corrected chi connectivity index (χ1v) is 8.97. The van der Waals surface area contributed by atoms with Gasteiger partial charge in [0, 0.05) is 29.0 Å². The molecule has 2 aromatic carbocycles. The van der Waals surface area contributed by atoms with Crippen molar-refractivity contribution in [2.24, 2.45) is 0 Å². The van der Waals surface area contributed by atoms with E-state index in [1.807, 2.05) is 25.1 Å². The summed E-state index contributed by atoms with van der Waals surface area (Å²) in [6.45, 7) is 3.36. The third kappa shape index (κ3) is 5.08. The summed E-state index contributed by atoms with van der Waals surface area (Å²) in [4.78, 5) is 27.6. The van der Waals surface area contributed by atoms with Crippen LogP contribution in [0.3, 0.4) is 0 Å². The van der Waals surface area contributed by atoms with Crippen LogP contribution in [0.2, 0.25) is 5.02 Å². The van der Waals surface area contributed by atoms with E-state index in [2.05, 4.69) is 20.9 Å². The lowest BCUT2D eigenvalue weighted by molar-refractivity contribution is -0.114. The van der Waals surface area contributed by atoms with Gasteiger partial charge in [0.15, 0.2) is 0 Å². The zero-order chi connectivity index (χ0) is 20.1. The minimum absolute atomic E-state index is 0.119. The molecule has 0 radical (unpaired) electrons. The minimum Gasteiger partial charge on any atom is -0.354 e. The predicted molar refractivity (Wildman–Crippen MR) is 112 cm³/mol. The number of hydrogen-bond acceptors (Lipinski definition) is 4. The van der Waals surface area contributed by atoms with Gasteiger partial charge in [-0.1, -0.05) is 17.7 Å². The largest absolute Gasteiger partial charge is 0.354 e. The highest BCUT2D eigenvalue weighted by Gasteiger charge is 2.09. The number of carbonyl (C=O) groups is 2. The van der Waals surface area contributed by atoms with Gasteiger partial charge in [0.05, 0.1) is 11.9 Å². The molecule has 0 saturated carbocycles. The third-order valence-corrected chi connectivity index (χ3v) is 4.33. The summed E-state index contributed by atoms with van der Waals surface area (Å²) in [5.41, 5.74) is 4.15. The standard InChI is InChI=1S/C21H19ClN4O2/c1-13-3-4-17(11-19(13)22)26-21(28)20-10-9-18(12-23-20)25-16-7-5-15(6-8-16)24-14(2)27/h3-12,25H,1-2H3,(H,24,27)(H,26,28). The van der Waals surface area contributed by atoms with E-state index >= 15 is 0 Å². The summed E-state index contributed by atoms with van der Waals surface area (Å²) >= 11 is 6.08. The van der Waals surface area contributed by atoms with Gasteiger partial charge < -0.3 is 16.0 Å². The van der Waals surface area contributed by atoms with Crippen LogP contribution in [0.5, 0.6) is 0 Å². The van der Waals surface area contributed by atoms with Crippen LogP contribution in [0.15, 0.2) is 60.8 Å². The van der Waals surface area contributed by atoms with Crippen LogP contribution < -0.4 is 16.0 Å². The van der Waals surface area contributed by atoms with Crippen LogP contribution in [0.25, 0.3) is 0 Å². The number of hydrogen-bond donors (Lipinski definition) is 3. The maximum Gasteiger partial charge on any atom is 0.274 e. The molecule has 0 aliphatic rings. The highest BCUT2D eigenvalue weighted by atomic mass is 35.5. The van der Waals surface area contributed by atoms with Crippen molar-refractivity contribution >= 4 is 46.2 Å². The molecule has 0 aliphatic carbocycles. The van der Waals surface area contributed by atoms with Crippen LogP contribution in [0.1, 0.15) is 23.0 Å². The molecule has 0 saturated heterocycles. The Bertz CT molecular complexity index is 1000. The first-order valence-electron chi connectivity index (χ1n) is 8.59. The molecule has 142 valence electrons. The van der Waals surface area contributed by atoms with Crippen LogP contribution in [0, 0.1) is 6.92 Å². The lowest BCUT2D eigenvalue weighted by atomic mass is 10.2. The summed E-state index contributed by atoms with van der Waals surface area (Å²) < 4.78 is 0. The Morgan fingerprint density at radius 3 is 2.11 bits per heavy atom. The fourth-order valence-corrected chi connectivity index (χ4v) is 2.66. The van der Waals surface area contributed by atoms with E-state index in [1.165, 1.54) is 6.92 Å². The maximum absolute atomic E-state index is 12.3. The molecule has 3 N–H and O–H groups in total. The second-order valence-electron chi connectivity index (χ2n) is 6.23. The highest BCUT2D eigenvalue weighted by Crippen LogP contribution is 2.21. The van der Waals surface area contributed by atoms with Crippen molar-refractivity contribution in [3.63, 3.8) is 0 Å². The number of aromatic nitrogens is 1. The lowest BCUT2D eigenvalue weighted by Crippen LogP contribution is -2.13. The fraction of sp³-hybridized carbons (Fsp3) is 0.0952. The van der Waals surface area contributed by atoms with Crippen molar-refractivity contribution in [1.29, 1.82) is 0 Å². The SMILES string of the molecule is CC(=O)Nc1ccc(Nc2ccc(C(=O)Nc3ccc(C)c(Cl)c3)nc2)cc1. The number of carbonyl (C=O) groups excluding carboxylic acids is 2. The molecule has 0 aliphatic heterocycles. The molecule has 28 heavy (non-hydrogen) atoms. The third-order valence-electron chi connectivity index (χ3n) is 3.92. The molecule has 0 atom stereocenters. The second-order valence-corrected chi connectivity index (χ2v) is 6.64. The van der Waals surface area contributed by atoms with Crippen molar-refractivity contribution in [3.05, 3.63) is 77.1 Å². The zero-order valence-corrected chi connectivity index (χ0v) is 16.2.